The SMILES string of the molecule is CC[C@H](C)NC(=O)[C@H](Cc1ccccc1)N(Cc1c(Cl)cccc1Cl)C(=O)CCCN(c1ccccc1)S(C)(=O)=O. The van der Waals surface area contributed by atoms with E-state index in [1.54, 1.807) is 42.5 Å². The Hall–Kier alpha value is -3.07. The molecule has 3 rings (SSSR count). The number of halogens is 2. The zero-order valence-corrected chi connectivity index (χ0v) is 25.9. The highest BCUT2D eigenvalue weighted by Crippen LogP contribution is 2.28. The van der Waals surface area contributed by atoms with Crippen LogP contribution < -0.4 is 9.62 Å². The number of hydrogen-bond donors (Lipinski definition) is 1. The molecule has 0 aliphatic rings. The molecule has 0 aromatic heterocycles. The lowest BCUT2D eigenvalue weighted by atomic mass is 10.0. The fraction of sp³-hybridized carbons (Fsp3) is 0.355. The molecule has 3 aromatic rings. The molecule has 2 atom stereocenters. The van der Waals surface area contributed by atoms with E-state index in [0.717, 1.165) is 18.2 Å². The van der Waals surface area contributed by atoms with E-state index in [9.17, 15) is 18.0 Å². The van der Waals surface area contributed by atoms with E-state index in [1.165, 1.54) is 9.21 Å². The second-order valence-electron chi connectivity index (χ2n) is 10.0. The van der Waals surface area contributed by atoms with Crippen molar-refractivity contribution in [2.45, 2.75) is 58.2 Å². The molecule has 0 radical (unpaired) electrons. The molecular weight excluding hydrogens is 581 g/mol. The number of rotatable bonds is 14. The van der Waals surface area contributed by atoms with Gasteiger partial charge in [-0.25, -0.2) is 8.42 Å². The van der Waals surface area contributed by atoms with Gasteiger partial charge in [-0.05, 0) is 49.6 Å². The standard InChI is InChI=1S/C31H37Cl2N3O4S/c1-4-23(2)34-31(38)29(21-24-13-7-5-8-14-24)35(22-26-27(32)17-11-18-28(26)33)30(37)19-12-20-36(41(3,39)40)25-15-9-6-10-16-25/h5-11,13-18,23,29H,4,12,19-22H2,1-3H3,(H,34,38)/t23-,29-/m0/s1. The third-order valence-electron chi connectivity index (χ3n) is 6.86. The predicted octanol–water partition coefficient (Wildman–Crippen LogP) is 6.09. The second-order valence-corrected chi connectivity index (χ2v) is 12.7. The van der Waals surface area contributed by atoms with Gasteiger partial charge in [0.2, 0.25) is 21.8 Å². The van der Waals surface area contributed by atoms with Crippen molar-refractivity contribution < 1.29 is 18.0 Å². The first-order valence-corrected chi connectivity index (χ1v) is 16.2. The fourth-order valence-corrected chi connectivity index (χ4v) is 5.93. The Kier molecular flexibility index (Phi) is 12.1. The highest BCUT2D eigenvalue weighted by molar-refractivity contribution is 7.92. The molecule has 2 amide bonds. The van der Waals surface area contributed by atoms with E-state index in [2.05, 4.69) is 5.32 Å². The van der Waals surface area contributed by atoms with Crippen LogP contribution in [0.2, 0.25) is 10.0 Å². The first-order chi connectivity index (χ1) is 19.5. The molecule has 0 saturated heterocycles. The molecule has 0 aliphatic carbocycles. The van der Waals surface area contributed by atoms with Crippen molar-refractivity contribution in [1.82, 2.24) is 10.2 Å². The Labute approximate surface area is 253 Å². The van der Waals surface area contributed by atoms with Gasteiger partial charge in [0.25, 0.3) is 0 Å². The van der Waals surface area contributed by atoms with Gasteiger partial charge in [-0.15, -0.1) is 0 Å². The zero-order chi connectivity index (χ0) is 30.0. The quantitative estimate of drug-likeness (QED) is 0.237. The summed E-state index contributed by atoms with van der Waals surface area (Å²) in [5.41, 5.74) is 1.96. The summed E-state index contributed by atoms with van der Waals surface area (Å²) in [5.74, 6) is -0.579. The normalized spacial score (nSPS) is 12.8. The fourth-order valence-electron chi connectivity index (χ4n) is 4.45. The van der Waals surface area contributed by atoms with Gasteiger partial charge >= 0.3 is 0 Å². The van der Waals surface area contributed by atoms with Crippen LogP contribution in [-0.4, -0.2) is 50.0 Å². The molecule has 0 aliphatic heterocycles. The zero-order valence-electron chi connectivity index (χ0n) is 23.6. The summed E-state index contributed by atoms with van der Waals surface area (Å²) in [5, 5.41) is 3.81. The minimum Gasteiger partial charge on any atom is -0.352 e. The molecule has 3 aromatic carbocycles. The number of hydrogen-bond acceptors (Lipinski definition) is 4. The number of sulfonamides is 1. The van der Waals surface area contributed by atoms with Crippen molar-refractivity contribution in [3.63, 3.8) is 0 Å². The van der Waals surface area contributed by atoms with Crippen LogP contribution >= 0.6 is 23.2 Å². The highest BCUT2D eigenvalue weighted by atomic mass is 35.5. The van der Waals surface area contributed by atoms with Crippen molar-refractivity contribution in [3.8, 4) is 0 Å². The van der Waals surface area contributed by atoms with Crippen molar-refractivity contribution >= 4 is 50.7 Å². The van der Waals surface area contributed by atoms with Crippen molar-refractivity contribution in [3.05, 3.63) is 100 Å². The van der Waals surface area contributed by atoms with Crippen molar-refractivity contribution in [2.24, 2.45) is 0 Å². The van der Waals surface area contributed by atoms with Gasteiger partial charge < -0.3 is 10.2 Å². The van der Waals surface area contributed by atoms with E-state index >= 15 is 0 Å². The molecule has 0 heterocycles. The van der Waals surface area contributed by atoms with Crippen LogP contribution in [-0.2, 0) is 32.6 Å². The van der Waals surface area contributed by atoms with Crippen LogP contribution in [0, 0.1) is 0 Å². The Bertz CT molecular complexity index is 1390. The third kappa shape index (κ3) is 9.48. The number of anilines is 1. The van der Waals surface area contributed by atoms with Crippen LogP contribution in [0.5, 0.6) is 0 Å². The van der Waals surface area contributed by atoms with Crippen molar-refractivity contribution in [1.29, 1.82) is 0 Å². The van der Waals surface area contributed by atoms with Gasteiger partial charge in [0.15, 0.2) is 0 Å². The topological polar surface area (TPSA) is 86.8 Å². The van der Waals surface area contributed by atoms with Crippen LogP contribution in [0.4, 0.5) is 5.69 Å². The monoisotopic (exact) mass is 617 g/mol. The minimum absolute atomic E-state index is 0.0167. The lowest BCUT2D eigenvalue weighted by Gasteiger charge is -2.33. The minimum atomic E-state index is -3.57. The number of para-hydroxylation sites is 1. The smallest absolute Gasteiger partial charge is 0.243 e. The molecule has 0 bridgehead atoms. The predicted molar refractivity (Wildman–Crippen MR) is 167 cm³/mol. The highest BCUT2D eigenvalue weighted by Gasteiger charge is 2.32. The van der Waals surface area contributed by atoms with E-state index in [-0.39, 0.29) is 50.2 Å². The molecule has 220 valence electrons. The second kappa shape index (κ2) is 15.2. The summed E-state index contributed by atoms with van der Waals surface area (Å²) in [6.07, 6.45) is 2.43. The summed E-state index contributed by atoms with van der Waals surface area (Å²) in [6.45, 7) is 4.02. The first kappa shape index (κ1) is 32.4. The number of amides is 2. The van der Waals surface area contributed by atoms with E-state index in [4.69, 9.17) is 23.2 Å². The van der Waals surface area contributed by atoms with Gasteiger partial charge in [0, 0.05) is 47.6 Å². The van der Waals surface area contributed by atoms with Crippen LogP contribution in [0.25, 0.3) is 0 Å². The number of nitrogens with one attached hydrogen (secondary N) is 1. The molecule has 0 spiro atoms. The summed E-state index contributed by atoms with van der Waals surface area (Å²) in [6, 6.07) is 22.4. The molecule has 10 heteroatoms. The number of carbonyl (C=O) groups excluding carboxylic acids is 2. The summed E-state index contributed by atoms with van der Waals surface area (Å²) >= 11 is 13.0. The summed E-state index contributed by atoms with van der Waals surface area (Å²) in [4.78, 5) is 29.1. The van der Waals surface area contributed by atoms with E-state index in [1.807, 2.05) is 50.2 Å². The number of benzene rings is 3. The molecule has 0 saturated carbocycles. The van der Waals surface area contributed by atoms with Crippen molar-refractivity contribution in [2.75, 3.05) is 17.1 Å². The maximum absolute atomic E-state index is 13.9. The molecule has 1 N–H and O–H groups in total. The summed E-state index contributed by atoms with van der Waals surface area (Å²) in [7, 11) is -3.57. The van der Waals surface area contributed by atoms with E-state index in [0.29, 0.717) is 21.3 Å². The molecule has 0 unspecified atom stereocenters. The van der Waals surface area contributed by atoms with Crippen LogP contribution in [0.15, 0.2) is 78.9 Å². The average Bonchev–Trinajstić information content (AvgIpc) is 2.94. The lowest BCUT2D eigenvalue weighted by Crippen LogP contribution is -2.52. The Morgan fingerprint density at radius 3 is 2.05 bits per heavy atom. The molecular formula is C31H37Cl2N3O4S. The Balaban J connectivity index is 1.93. The van der Waals surface area contributed by atoms with E-state index < -0.39 is 16.1 Å². The van der Waals surface area contributed by atoms with Gasteiger partial charge in [-0.3, -0.25) is 13.9 Å². The van der Waals surface area contributed by atoms with Crippen LogP contribution in [0.1, 0.15) is 44.2 Å². The Morgan fingerprint density at radius 1 is 0.902 bits per heavy atom. The maximum atomic E-state index is 13.9. The molecule has 7 nitrogen and oxygen atoms in total. The summed E-state index contributed by atoms with van der Waals surface area (Å²) < 4.78 is 26.4. The molecule has 0 fully saturated rings. The largest absolute Gasteiger partial charge is 0.352 e. The first-order valence-electron chi connectivity index (χ1n) is 13.6. The maximum Gasteiger partial charge on any atom is 0.243 e. The Morgan fingerprint density at radius 2 is 1.49 bits per heavy atom. The van der Waals surface area contributed by atoms with Crippen LogP contribution in [0.3, 0.4) is 0 Å². The molecule has 41 heavy (non-hydrogen) atoms. The third-order valence-corrected chi connectivity index (χ3v) is 8.76. The van der Waals surface area contributed by atoms with Gasteiger partial charge in [0.1, 0.15) is 6.04 Å². The average molecular weight is 619 g/mol. The lowest BCUT2D eigenvalue weighted by molar-refractivity contribution is -0.141. The van der Waals surface area contributed by atoms with Gasteiger partial charge in [-0.1, -0.05) is 84.7 Å². The van der Waals surface area contributed by atoms with Gasteiger partial charge in [-0.2, -0.15) is 0 Å². The number of nitrogens with zero attached hydrogens (tertiary/aromatic N) is 2. The number of carbonyl (C=O) groups is 2. The van der Waals surface area contributed by atoms with Gasteiger partial charge in [0.05, 0.1) is 11.9 Å².